The van der Waals surface area contributed by atoms with E-state index in [1.54, 1.807) is 0 Å². The third-order valence-corrected chi connectivity index (χ3v) is 11.3. The highest BCUT2D eigenvalue weighted by atomic mass is 32.3. The van der Waals surface area contributed by atoms with E-state index >= 15 is 0 Å². The van der Waals surface area contributed by atoms with Crippen LogP contribution < -0.4 is 0 Å². The van der Waals surface area contributed by atoms with Crippen molar-refractivity contribution in [1.29, 1.82) is 0 Å². The second-order valence-electron chi connectivity index (χ2n) is 12.7. The van der Waals surface area contributed by atoms with Crippen LogP contribution in [0.1, 0.15) is 98.8 Å². The predicted molar refractivity (Wildman–Crippen MR) is 132 cm³/mol. The molecule has 0 bridgehead atoms. The van der Waals surface area contributed by atoms with Gasteiger partial charge in [-0.15, -0.1) is 0 Å². The Kier molecular flexibility index (Phi) is 7.01. The molecule has 4 nitrogen and oxygen atoms in total. The van der Waals surface area contributed by atoms with Gasteiger partial charge in [-0.25, -0.2) is 8.42 Å². The van der Waals surface area contributed by atoms with Gasteiger partial charge in [0.1, 0.15) is 0 Å². The zero-order valence-electron chi connectivity index (χ0n) is 21.4. The average molecular weight is 478 g/mol. The average Bonchev–Trinajstić information content (AvgIpc) is 3.08. The largest absolute Gasteiger partial charge is 0.726 e. The molecule has 0 amide bonds. The van der Waals surface area contributed by atoms with E-state index in [-0.39, 0.29) is 5.41 Å². The summed E-state index contributed by atoms with van der Waals surface area (Å²) in [6.07, 6.45) is 13.0. The molecule has 33 heavy (non-hydrogen) atoms. The summed E-state index contributed by atoms with van der Waals surface area (Å²) in [7, 11) is -4.64. The fourth-order valence-electron chi connectivity index (χ4n) is 8.75. The van der Waals surface area contributed by atoms with Gasteiger partial charge in [0.2, 0.25) is 10.4 Å². The molecule has 4 aliphatic carbocycles. The van der Waals surface area contributed by atoms with Gasteiger partial charge in [-0.05, 0) is 111 Å². The van der Waals surface area contributed by atoms with Crippen LogP contribution in [0.3, 0.4) is 0 Å². The first-order valence-electron chi connectivity index (χ1n) is 13.4. The van der Waals surface area contributed by atoms with Crippen LogP contribution in [0.4, 0.5) is 0 Å². The highest BCUT2D eigenvalue weighted by Crippen LogP contribution is 2.67. The van der Waals surface area contributed by atoms with Gasteiger partial charge in [-0.1, -0.05) is 58.4 Å². The van der Waals surface area contributed by atoms with Crippen LogP contribution in [0.2, 0.25) is 0 Å². The molecule has 5 heteroatoms. The Balaban J connectivity index is 1.47. The summed E-state index contributed by atoms with van der Waals surface area (Å²) in [5.74, 6) is 4.35. The third kappa shape index (κ3) is 4.76. The van der Waals surface area contributed by atoms with Crippen molar-refractivity contribution in [2.45, 2.75) is 105 Å². The van der Waals surface area contributed by atoms with E-state index in [1.165, 1.54) is 43.3 Å². The van der Waals surface area contributed by atoms with E-state index in [9.17, 15) is 13.0 Å². The molecule has 3 saturated carbocycles. The van der Waals surface area contributed by atoms with Crippen molar-refractivity contribution in [2.75, 3.05) is 0 Å². The summed E-state index contributed by atoms with van der Waals surface area (Å²) in [5.41, 5.74) is 3.32. The van der Waals surface area contributed by atoms with Crippen LogP contribution >= 0.6 is 0 Å². The second kappa shape index (κ2) is 9.09. The molecule has 0 aromatic heterocycles. The van der Waals surface area contributed by atoms with Crippen molar-refractivity contribution in [1.82, 2.24) is 0 Å². The van der Waals surface area contributed by atoms with Gasteiger partial charge < -0.3 is 4.55 Å². The minimum Gasteiger partial charge on any atom is -0.726 e. The van der Waals surface area contributed by atoms with Gasteiger partial charge in [0.15, 0.2) is 0 Å². The Morgan fingerprint density at radius 1 is 1.15 bits per heavy atom. The molecule has 8 atom stereocenters. The summed E-state index contributed by atoms with van der Waals surface area (Å²) < 4.78 is 38.2. The summed E-state index contributed by atoms with van der Waals surface area (Å²) in [4.78, 5) is 0. The van der Waals surface area contributed by atoms with E-state index < -0.39 is 16.5 Å². The Hall–Kier alpha value is -0.650. The lowest BCUT2D eigenvalue weighted by molar-refractivity contribution is -0.0559. The molecule has 0 spiro atoms. The maximum absolute atomic E-state index is 11.1. The monoisotopic (exact) mass is 477 g/mol. The van der Waals surface area contributed by atoms with Crippen molar-refractivity contribution in [3.63, 3.8) is 0 Å². The van der Waals surface area contributed by atoms with E-state index in [4.69, 9.17) is 4.18 Å². The van der Waals surface area contributed by atoms with Crippen LogP contribution in [-0.2, 0) is 14.6 Å². The maximum atomic E-state index is 11.1. The summed E-state index contributed by atoms with van der Waals surface area (Å²) in [5, 5.41) is 0. The normalized spacial score (nSPS) is 41.7. The Labute approximate surface area is 202 Å². The summed E-state index contributed by atoms with van der Waals surface area (Å²) in [6, 6.07) is 0. The van der Waals surface area contributed by atoms with Gasteiger partial charge in [0.05, 0.1) is 6.10 Å². The second-order valence-corrected chi connectivity index (χ2v) is 13.7. The predicted octanol–water partition coefficient (Wildman–Crippen LogP) is 7.04. The molecule has 0 unspecified atom stereocenters. The number of hydrogen-bond donors (Lipinski definition) is 0. The minimum atomic E-state index is -4.64. The Morgan fingerprint density at radius 3 is 2.55 bits per heavy atom. The smallest absolute Gasteiger partial charge is 0.217 e. The van der Waals surface area contributed by atoms with Crippen LogP contribution in [0, 0.1) is 46.3 Å². The molecule has 0 N–H and O–H groups in total. The van der Waals surface area contributed by atoms with Crippen molar-refractivity contribution in [2.24, 2.45) is 46.3 Å². The highest BCUT2D eigenvalue weighted by Gasteiger charge is 2.59. The van der Waals surface area contributed by atoms with Gasteiger partial charge >= 0.3 is 0 Å². The van der Waals surface area contributed by atoms with Crippen molar-refractivity contribution < 1.29 is 17.2 Å². The number of fused-ring (bicyclic) bond motifs is 5. The third-order valence-electron chi connectivity index (χ3n) is 10.8. The van der Waals surface area contributed by atoms with Crippen LogP contribution in [-0.4, -0.2) is 19.1 Å². The number of hydrogen-bond acceptors (Lipinski definition) is 4. The molecule has 0 saturated heterocycles. The van der Waals surface area contributed by atoms with Crippen molar-refractivity contribution >= 4 is 10.4 Å². The molecule has 4 rings (SSSR count). The van der Waals surface area contributed by atoms with Crippen molar-refractivity contribution in [3.8, 4) is 0 Å². The standard InChI is InChI=1S/C28H46O4S/c1-18(2)19(3)7-8-20(4)24-11-12-25-23-10-9-21-17-22(32-33(29,30)31)13-15-27(21,5)26(23)14-16-28(24,25)6/h9,18,20,22-26H,3,7-8,10-17H2,1-2,4-6H3,(H,29,30,31)/p-1/t20-,22+,23+,24-,25+,26+,27+,28-/m1/s1. The van der Waals surface area contributed by atoms with E-state index in [2.05, 4.69) is 47.3 Å². The Morgan fingerprint density at radius 2 is 1.88 bits per heavy atom. The first-order valence-corrected chi connectivity index (χ1v) is 14.7. The molecule has 4 aliphatic rings. The molecule has 3 fully saturated rings. The topological polar surface area (TPSA) is 66.4 Å². The zero-order valence-corrected chi connectivity index (χ0v) is 22.3. The first-order chi connectivity index (χ1) is 15.3. The first kappa shape index (κ1) is 25.4. The molecule has 0 aromatic carbocycles. The van der Waals surface area contributed by atoms with Gasteiger partial charge in [0.25, 0.3) is 0 Å². The van der Waals surface area contributed by atoms with Gasteiger partial charge in [-0.2, -0.15) is 0 Å². The summed E-state index contributed by atoms with van der Waals surface area (Å²) in [6.45, 7) is 16.3. The van der Waals surface area contributed by atoms with Crippen molar-refractivity contribution in [3.05, 3.63) is 23.8 Å². The maximum Gasteiger partial charge on any atom is 0.217 e. The number of allylic oxidation sites excluding steroid dienone is 2. The Bertz CT molecular complexity index is 890. The SMILES string of the molecule is C=C(CC[C@@H](C)[C@H]1CC[C@H]2[C@@H]3CC=C4C[C@@H](OS(=O)(=O)[O-])CC[C@]4(C)[C@H]3CC[C@]12C)C(C)C. The van der Waals surface area contributed by atoms with Gasteiger partial charge in [-0.3, -0.25) is 4.18 Å². The van der Waals surface area contributed by atoms with Crippen LogP contribution in [0.5, 0.6) is 0 Å². The molecular formula is C28H45O4S-. The van der Waals surface area contributed by atoms with Gasteiger partial charge in [0, 0.05) is 0 Å². The lowest BCUT2D eigenvalue weighted by Crippen LogP contribution is -2.51. The fraction of sp³-hybridized carbons (Fsp3) is 0.857. The van der Waals surface area contributed by atoms with Crippen LogP contribution in [0.15, 0.2) is 23.8 Å². The lowest BCUT2D eigenvalue weighted by atomic mass is 9.47. The minimum absolute atomic E-state index is 0.134. The fourth-order valence-corrected chi connectivity index (χ4v) is 9.25. The molecule has 188 valence electrons. The van der Waals surface area contributed by atoms with Crippen LogP contribution in [0.25, 0.3) is 0 Å². The lowest BCUT2D eigenvalue weighted by Gasteiger charge is -2.58. The highest BCUT2D eigenvalue weighted by molar-refractivity contribution is 7.80. The molecular weight excluding hydrogens is 432 g/mol. The van der Waals surface area contributed by atoms with E-state index in [0.717, 1.165) is 42.9 Å². The molecule has 0 heterocycles. The molecule has 0 aliphatic heterocycles. The number of rotatable bonds is 7. The molecule has 0 radical (unpaired) electrons. The van der Waals surface area contributed by atoms with E-state index in [1.807, 2.05) is 0 Å². The zero-order chi connectivity index (χ0) is 24.2. The van der Waals surface area contributed by atoms with E-state index in [0.29, 0.717) is 30.1 Å². The summed E-state index contributed by atoms with van der Waals surface area (Å²) >= 11 is 0. The quantitative estimate of drug-likeness (QED) is 0.224. The molecule has 0 aromatic rings.